The number of carbonyl (C=O) groups is 1. The quantitative estimate of drug-likeness (QED) is 0.878. The summed E-state index contributed by atoms with van der Waals surface area (Å²) < 4.78 is 4.71. The zero-order chi connectivity index (χ0) is 14.9. The molecule has 1 atom stereocenters. The van der Waals surface area contributed by atoms with Gasteiger partial charge in [-0.2, -0.15) is 4.98 Å². The van der Waals surface area contributed by atoms with Crippen LogP contribution in [0.15, 0.2) is 35.2 Å². The van der Waals surface area contributed by atoms with Crippen LogP contribution in [-0.2, 0) is 0 Å². The Labute approximate surface area is 134 Å². The van der Waals surface area contributed by atoms with E-state index in [0.29, 0.717) is 23.9 Å². The summed E-state index contributed by atoms with van der Waals surface area (Å²) in [5, 5.41) is 6.82. The van der Waals surface area contributed by atoms with Gasteiger partial charge in [0.25, 0.3) is 5.91 Å². The van der Waals surface area contributed by atoms with E-state index in [1.54, 1.807) is 24.3 Å². The van der Waals surface area contributed by atoms with Crippen LogP contribution >= 0.6 is 12.4 Å². The first-order chi connectivity index (χ1) is 10.1. The van der Waals surface area contributed by atoms with Gasteiger partial charge < -0.3 is 15.6 Å². The van der Waals surface area contributed by atoms with Crippen molar-refractivity contribution in [1.82, 2.24) is 15.5 Å². The lowest BCUT2D eigenvalue weighted by Gasteiger charge is -2.29. The molecular formula is C15H19ClN4O2. The molecule has 3 rings (SSSR count). The summed E-state index contributed by atoms with van der Waals surface area (Å²) in [6, 6.07) is 7.11. The molecular weight excluding hydrogens is 304 g/mol. The minimum atomic E-state index is -0.316. The highest BCUT2D eigenvalue weighted by Crippen LogP contribution is 2.39. The van der Waals surface area contributed by atoms with Crippen LogP contribution < -0.4 is 11.1 Å². The monoisotopic (exact) mass is 322 g/mol. The Morgan fingerprint density at radius 2 is 2.09 bits per heavy atom. The van der Waals surface area contributed by atoms with Crippen LogP contribution in [0.1, 0.15) is 30.1 Å². The van der Waals surface area contributed by atoms with Crippen molar-refractivity contribution in [3.05, 3.63) is 36.2 Å². The Morgan fingerprint density at radius 1 is 1.41 bits per heavy atom. The van der Waals surface area contributed by atoms with Crippen molar-refractivity contribution in [3.63, 3.8) is 0 Å². The fourth-order valence-electron chi connectivity index (χ4n) is 2.44. The molecule has 0 aliphatic heterocycles. The number of nitrogens with one attached hydrogen (secondary N) is 1. The Bertz CT molecular complexity index is 626. The normalized spacial score (nSPS) is 16.5. The first kappa shape index (κ1) is 16.5. The molecule has 1 aliphatic rings. The van der Waals surface area contributed by atoms with Gasteiger partial charge in [-0.25, -0.2) is 0 Å². The van der Waals surface area contributed by atoms with Crippen molar-refractivity contribution < 1.29 is 9.32 Å². The minimum Gasteiger partial charge on any atom is -0.345 e. The molecule has 0 bridgehead atoms. The summed E-state index contributed by atoms with van der Waals surface area (Å²) >= 11 is 0. The van der Waals surface area contributed by atoms with Gasteiger partial charge in [0.05, 0.1) is 5.54 Å². The zero-order valence-electron chi connectivity index (χ0n) is 12.3. The second kappa shape index (κ2) is 6.46. The van der Waals surface area contributed by atoms with E-state index in [2.05, 4.69) is 15.5 Å². The van der Waals surface area contributed by atoms with Gasteiger partial charge in [-0.3, -0.25) is 4.79 Å². The maximum absolute atomic E-state index is 12.3. The topological polar surface area (TPSA) is 94.0 Å². The minimum absolute atomic E-state index is 0. The van der Waals surface area contributed by atoms with Crippen LogP contribution in [0.2, 0.25) is 0 Å². The number of halogens is 1. The molecule has 1 aromatic heterocycles. The Hall–Kier alpha value is -1.92. The van der Waals surface area contributed by atoms with Crippen LogP contribution in [0, 0.1) is 5.92 Å². The van der Waals surface area contributed by atoms with Crippen LogP contribution in [0.25, 0.3) is 11.4 Å². The molecule has 1 unspecified atom stereocenters. The lowest BCUT2D eigenvalue weighted by atomic mass is 9.95. The number of benzene rings is 1. The fraction of sp³-hybridized carbons (Fsp3) is 0.400. The molecule has 7 heteroatoms. The Kier molecular flexibility index (Phi) is 4.83. The molecule has 0 radical (unpaired) electrons. The maximum atomic E-state index is 12.3. The average Bonchev–Trinajstić information content (AvgIpc) is 3.23. The van der Waals surface area contributed by atoms with Crippen molar-refractivity contribution in [2.24, 2.45) is 11.7 Å². The zero-order valence-corrected chi connectivity index (χ0v) is 13.1. The predicted molar refractivity (Wildman–Crippen MR) is 84.6 cm³/mol. The molecule has 2 aromatic rings. The lowest BCUT2D eigenvalue weighted by Crippen LogP contribution is -2.53. The second-order valence-corrected chi connectivity index (χ2v) is 5.68. The van der Waals surface area contributed by atoms with Crippen LogP contribution in [0.4, 0.5) is 0 Å². The summed E-state index contributed by atoms with van der Waals surface area (Å²) in [6.45, 7) is 2.46. The standard InChI is InChI=1S/C15H18N4O2.ClH/c1-15(8-16,12-6-7-12)18-14(20)11-4-2-10(3-5-11)13-17-9-21-19-13;/h2-5,9,12H,6-8,16H2,1H3,(H,18,20);1H. The third-order valence-electron chi connectivity index (χ3n) is 4.07. The van der Waals surface area contributed by atoms with Crippen molar-refractivity contribution in [2.45, 2.75) is 25.3 Å². The van der Waals surface area contributed by atoms with E-state index in [1.807, 2.05) is 6.92 Å². The summed E-state index contributed by atoms with van der Waals surface area (Å²) in [5.74, 6) is 0.895. The van der Waals surface area contributed by atoms with Gasteiger partial charge in [-0.05, 0) is 37.8 Å². The highest BCUT2D eigenvalue weighted by Gasteiger charge is 2.41. The number of rotatable bonds is 5. The number of aromatic nitrogens is 2. The molecule has 1 saturated carbocycles. The van der Waals surface area contributed by atoms with E-state index in [4.69, 9.17) is 10.3 Å². The number of nitrogens with two attached hydrogens (primary N) is 1. The molecule has 0 spiro atoms. The molecule has 0 saturated heterocycles. The highest BCUT2D eigenvalue weighted by atomic mass is 35.5. The van der Waals surface area contributed by atoms with Gasteiger partial charge in [-0.15, -0.1) is 12.4 Å². The number of nitrogens with zero attached hydrogens (tertiary/aromatic N) is 2. The van der Waals surface area contributed by atoms with Crippen LogP contribution in [0.3, 0.4) is 0 Å². The first-order valence-electron chi connectivity index (χ1n) is 7.02. The molecule has 3 N–H and O–H groups in total. The third-order valence-corrected chi connectivity index (χ3v) is 4.07. The third kappa shape index (κ3) is 3.28. The maximum Gasteiger partial charge on any atom is 0.251 e. The molecule has 1 heterocycles. The van der Waals surface area contributed by atoms with E-state index < -0.39 is 0 Å². The van der Waals surface area contributed by atoms with E-state index in [9.17, 15) is 4.79 Å². The van der Waals surface area contributed by atoms with Crippen LogP contribution in [-0.4, -0.2) is 28.1 Å². The van der Waals surface area contributed by atoms with Gasteiger partial charge in [0.2, 0.25) is 12.2 Å². The number of carbonyl (C=O) groups excluding carboxylic acids is 1. The van der Waals surface area contributed by atoms with Crippen molar-refractivity contribution in [2.75, 3.05) is 6.54 Å². The predicted octanol–water partition coefficient (Wildman–Crippen LogP) is 2.02. The van der Waals surface area contributed by atoms with E-state index in [-0.39, 0.29) is 23.9 Å². The second-order valence-electron chi connectivity index (χ2n) is 5.68. The Morgan fingerprint density at radius 3 is 2.59 bits per heavy atom. The molecule has 22 heavy (non-hydrogen) atoms. The van der Waals surface area contributed by atoms with Gasteiger partial charge in [0, 0.05) is 17.7 Å². The van der Waals surface area contributed by atoms with E-state index in [0.717, 1.165) is 18.4 Å². The molecule has 1 aliphatic carbocycles. The Balaban J connectivity index is 0.00000176. The lowest BCUT2D eigenvalue weighted by molar-refractivity contribution is 0.0898. The average molecular weight is 323 g/mol. The molecule has 118 valence electrons. The molecule has 1 amide bonds. The molecule has 1 aromatic carbocycles. The SMILES string of the molecule is CC(CN)(NC(=O)c1ccc(-c2ncon2)cc1)C1CC1.Cl. The molecule has 1 fully saturated rings. The van der Waals surface area contributed by atoms with Gasteiger partial charge in [0.1, 0.15) is 0 Å². The summed E-state index contributed by atoms with van der Waals surface area (Å²) in [4.78, 5) is 16.3. The van der Waals surface area contributed by atoms with Gasteiger partial charge in [-0.1, -0.05) is 17.3 Å². The summed E-state index contributed by atoms with van der Waals surface area (Å²) in [5.41, 5.74) is 6.91. The van der Waals surface area contributed by atoms with E-state index >= 15 is 0 Å². The molecule has 6 nitrogen and oxygen atoms in total. The van der Waals surface area contributed by atoms with Crippen molar-refractivity contribution in [3.8, 4) is 11.4 Å². The first-order valence-corrected chi connectivity index (χ1v) is 7.02. The number of hydrogen-bond acceptors (Lipinski definition) is 5. The van der Waals surface area contributed by atoms with Gasteiger partial charge >= 0.3 is 0 Å². The van der Waals surface area contributed by atoms with Crippen molar-refractivity contribution in [1.29, 1.82) is 0 Å². The van der Waals surface area contributed by atoms with Crippen LogP contribution in [0.5, 0.6) is 0 Å². The number of amides is 1. The number of hydrogen-bond donors (Lipinski definition) is 2. The van der Waals surface area contributed by atoms with E-state index in [1.165, 1.54) is 6.39 Å². The largest absolute Gasteiger partial charge is 0.345 e. The highest BCUT2D eigenvalue weighted by molar-refractivity contribution is 5.95. The fourth-order valence-corrected chi connectivity index (χ4v) is 2.44. The summed E-state index contributed by atoms with van der Waals surface area (Å²) in [6.07, 6.45) is 3.54. The summed E-state index contributed by atoms with van der Waals surface area (Å²) in [7, 11) is 0. The van der Waals surface area contributed by atoms with Gasteiger partial charge in [0.15, 0.2) is 0 Å². The van der Waals surface area contributed by atoms with Crippen molar-refractivity contribution >= 4 is 18.3 Å². The smallest absolute Gasteiger partial charge is 0.251 e.